The highest BCUT2D eigenvalue weighted by molar-refractivity contribution is 5.96. The summed E-state index contributed by atoms with van der Waals surface area (Å²) in [5.74, 6) is -0.314. The summed E-state index contributed by atoms with van der Waals surface area (Å²) >= 11 is 0. The molecule has 7 heteroatoms. The fourth-order valence-electron chi connectivity index (χ4n) is 2.49. The smallest absolute Gasteiger partial charge is 0.387 e. The van der Waals surface area contributed by atoms with E-state index >= 15 is 0 Å². The number of ether oxygens (including phenoxy) is 2. The molecule has 2 aromatic rings. The summed E-state index contributed by atoms with van der Waals surface area (Å²) in [6.07, 6.45) is 0. The molecule has 0 unspecified atom stereocenters. The number of rotatable bonds is 7. The molecule has 2 rings (SSSR count). The van der Waals surface area contributed by atoms with Gasteiger partial charge >= 0.3 is 6.61 Å². The predicted molar refractivity (Wildman–Crippen MR) is 92.9 cm³/mol. The third kappa shape index (κ3) is 4.84. The summed E-state index contributed by atoms with van der Waals surface area (Å²) in [7, 11) is 1.59. The molecule has 0 aliphatic heterocycles. The number of aromatic hydroxyl groups is 1. The second kappa shape index (κ2) is 8.51. The van der Waals surface area contributed by atoms with E-state index in [9.17, 15) is 18.7 Å². The minimum Gasteiger partial charge on any atom is -0.507 e. The SMILES string of the molecule is CCOc1cc(CN(C)C(=O)c2ccc(C)cc2O)ccc1OC(F)F. The zero-order chi connectivity index (χ0) is 19.3. The van der Waals surface area contributed by atoms with Gasteiger partial charge in [-0.3, -0.25) is 4.79 Å². The van der Waals surface area contributed by atoms with Gasteiger partial charge in [0.1, 0.15) is 5.75 Å². The first kappa shape index (κ1) is 19.5. The van der Waals surface area contributed by atoms with Crippen LogP contribution in [0.5, 0.6) is 17.2 Å². The number of carbonyl (C=O) groups is 1. The van der Waals surface area contributed by atoms with Gasteiger partial charge in [0.15, 0.2) is 11.5 Å². The van der Waals surface area contributed by atoms with Crippen molar-refractivity contribution in [2.24, 2.45) is 0 Å². The van der Waals surface area contributed by atoms with Crippen LogP contribution in [0.1, 0.15) is 28.4 Å². The summed E-state index contributed by atoms with van der Waals surface area (Å²) in [5.41, 5.74) is 1.72. The second-order valence-corrected chi connectivity index (χ2v) is 5.77. The molecule has 0 aromatic heterocycles. The molecule has 1 amide bonds. The third-order valence-corrected chi connectivity index (χ3v) is 3.67. The molecule has 0 aliphatic carbocycles. The molecular formula is C19H21F2NO4. The van der Waals surface area contributed by atoms with Crippen LogP contribution in [0.4, 0.5) is 8.78 Å². The van der Waals surface area contributed by atoms with Crippen LogP contribution in [-0.2, 0) is 6.54 Å². The van der Waals surface area contributed by atoms with Crippen LogP contribution in [0.3, 0.4) is 0 Å². The van der Waals surface area contributed by atoms with Gasteiger partial charge < -0.3 is 19.5 Å². The van der Waals surface area contributed by atoms with Crippen molar-refractivity contribution in [2.75, 3.05) is 13.7 Å². The number of carbonyl (C=O) groups excluding carboxylic acids is 1. The van der Waals surface area contributed by atoms with Gasteiger partial charge in [0.25, 0.3) is 5.91 Å². The van der Waals surface area contributed by atoms with E-state index in [1.54, 1.807) is 38.2 Å². The van der Waals surface area contributed by atoms with Crippen LogP contribution in [0, 0.1) is 6.92 Å². The number of nitrogens with zero attached hydrogens (tertiary/aromatic N) is 1. The third-order valence-electron chi connectivity index (χ3n) is 3.67. The summed E-state index contributed by atoms with van der Waals surface area (Å²) in [6, 6.07) is 9.34. The normalized spacial score (nSPS) is 10.7. The van der Waals surface area contributed by atoms with Gasteiger partial charge in [-0.15, -0.1) is 0 Å². The number of aryl methyl sites for hydroxylation is 1. The highest BCUT2D eigenvalue weighted by Gasteiger charge is 2.17. The molecule has 0 spiro atoms. The van der Waals surface area contributed by atoms with E-state index < -0.39 is 6.61 Å². The summed E-state index contributed by atoms with van der Waals surface area (Å²) in [6.45, 7) is 1.09. The largest absolute Gasteiger partial charge is 0.507 e. The molecule has 0 heterocycles. The highest BCUT2D eigenvalue weighted by Crippen LogP contribution is 2.30. The molecule has 0 bridgehead atoms. The van der Waals surface area contributed by atoms with Crippen LogP contribution >= 0.6 is 0 Å². The Morgan fingerprint density at radius 1 is 1.19 bits per heavy atom. The first-order valence-corrected chi connectivity index (χ1v) is 8.07. The molecule has 26 heavy (non-hydrogen) atoms. The Balaban J connectivity index is 2.18. The van der Waals surface area contributed by atoms with Crippen molar-refractivity contribution in [3.05, 3.63) is 53.1 Å². The van der Waals surface area contributed by atoms with E-state index in [1.807, 2.05) is 6.92 Å². The highest BCUT2D eigenvalue weighted by atomic mass is 19.3. The van der Waals surface area contributed by atoms with Gasteiger partial charge in [-0.05, 0) is 49.2 Å². The average Bonchev–Trinajstić information content (AvgIpc) is 2.56. The van der Waals surface area contributed by atoms with Gasteiger partial charge in [0.2, 0.25) is 0 Å². The maximum absolute atomic E-state index is 12.5. The molecule has 0 saturated carbocycles. The molecule has 0 saturated heterocycles. The van der Waals surface area contributed by atoms with Crippen LogP contribution in [-0.4, -0.2) is 36.2 Å². The lowest BCUT2D eigenvalue weighted by Gasteiger charge is -2.19. The molecule has 1 N–H and O–H groups in total. The molecule has 0 atom stereocenters. The van der Waals surface area contributed by atoms with Crippen molar-refractivity contribution >= 4 is 5.91 Å². The molecule has 2 aromatic carbocycles. The van der Waals surface area contributed by atoms with Crippen molar-refractivity contribution in [2.45, 2.75) is 27.0 Å². The Morgan fingerprint density at radius 3 is 2.54 bits per heavy atom. The fourth-order valence-corrected chi connectivity index (χ4v) is 2.49. The standard InChI is InChI=1S/C19H21F2NO4/c1-4-25-17-10-13(6-8-16(17)26-19(20)21)11-22(3)18(24)14-7-5-12(2)9-15(14)23/h5-10,19,23H,4,11H2,1-3H3. The Bertz CT molecular complexity index is 780. The summed E-state index contributed by atoms with van der Waals surface area (Å²) in [4.78, 5) is 13.9. The second-order valence-electron chi connectivity index (χ2n) is 5.77. The molecule has 0 fully saturated rings. The quantitative estimate of drug-likeness (QED) is 0.807. The van der Waals surface area contributed by atoms with Gasteiger partial charge in [-0.1, -0.05) is 12.1 Å². The number of hydrogen-bond acceptors (Lipinski definition) is 4. The lowest BCUT2D eigenvalue weighted by Crippen LogP contribution is -2.26. The number of phenols is 1. The number of halogens is 2. The summed E-state index contributed by atoms with van der Waals surface area (Å²) < 4.78 is 34.7. The molecular weight excluding hydrogens is 344 g/mol. The predicted octanol–water partition coefficient (Wildman–Crippen LogP) is 3.97. The maximum Gasteiger partial charge on any atom is 0.387 e. The van der Waals surface area contributed by atoms with Gasteiger partial charge in [-0.2, -0.15) is 8.78 Å². The van der Waals surface area contributed by atoms with Crippen molar-refractivity contribution in [1.29, 1.82) is 0 Å². The van der Waals surface area contributed by atoms with E-state index in [0.717, 1.165) is 5.56 Å². The van der Waals surface area contributed by atoms with Crippen molar-refractivity contribution < 1.29 is 28.2 Å². The Morgan fingerprint density at radius 2 is 1.92 bits per heavy atom. The van der Waals surface area contributed by atoms with E-state index in [4.69, 9.17) is 4.74 Å². The number of phenolic OH excluding ortho intramolecular Hbond substituents is 1. The van der Waals surface area contributed by atoms with Crippen molar-refractivity contribution in [3.63, 3.8) is 0 Å². The minimum atomic E-state index is -2.95. The van der Waals surface area contributed by atoms with E-state index in [2.05, 4.69) is 4.74 Å². The van der Waals surface area contributed by atoms with E-state index in [1.165, 1.54) is 17.0 Å². The van der Waals surface area contributed by atoms with Crippen molar-refractivity contribution in [3.8, 4) is 17.2 Å². The molecule has 140 valence electrons. The maximum atomic E-state index is 12.5. The molecule has 0 aliphatic rings. The van der Waals surface area contributed by atoms with E-state index in [-0.39, 0.29) is 41.9 Å². The number of hydrogen-bond donors (Lipinski definition) is 1. The topological polar surface area (TPSA) is 59.0 Å². The van der Waals surface area contributed by atoms with E-state index in [0.29, 0.717) is 5.56 Å². The van der Waals surface area contributed by atoms with Gasteiger partial charge in [0, 0.05) is 13.6 Å². The number of amides is 1. The van der Waals surface area contributed by atoms with Gasteiger partial charge in [0.05, 0.1) is 12.2 Å². The first-order chi connectivity index (χ1) is 12.3. The minimum absolute atomic E-state index is 0.0595. The van der Waals surface area contributed by atoms with Crippen LogP contribution in [0.25, 0.3) is 0 Å². The van der Waals surface area contributed by atoms with Crippen LogP contribution in [0.15, 0.2) is 36.4 Å². The zero-order valence-corrected chi connectivity index (χ0v) is 14.8. The number of benzene rings is 2. The Hall–Kier alpha value is -2.83. The average molecular weight is 365 g/mol. The summed E-state index contributed by atoms with van der Waals surface area (Å²) in [5, 5.41) is 9.96. The van der Waals surface area contributed by atoms with Crippen LogP contribution < -0.4 is 9.47 Å². The Kier molecular flexibility index (Phi) is 6.38. The first-order valence-electron chi connectivity index (χ1n) is 8.07. The molecule has 5 nitrogen and oxygen atoms in total. The van der Waals surface area contributed by atoms with Crippen molar-refractivity contribution in [1.82, 2.24) is 4.90 Å². The fraction of sp³-hybridized carbons (Fsp3) is 0.316. The van der Waals surface area contributed by atoms with Crippen LogP contribution in [0.2, 0.25) is 0 Å². The number of alkyl halides is 2. The zero-order valence-electron chi connectivity index (χ0n) is 14.8. The lowest BCUT2D eigenvalue weighted by atomic mass is 10.1. The lowest BCUT2D eigenvalue weighted by molar-refractivity contribution is -0.0514. The van der Waals surface area contributed by atoms with Gasteiger partial charge in [-0.25, -0.2) is 0 Å². The monoisotopic (exact) mass is 365 g/mol. The molecule has 0 radical (unpaired) electrons. The Labute approximate surface area is 150 Å².